The van der Waals surface area contributed by atoms with E-state index in [1.54, 1.807) is 18.2 Å². The van der Waals surface area contributed by atoms with Gasteiger partial charge in [-0.05, 0) is 49.6 Å². The van der Waals surface area contributed by atoms with Gasteiger partial charge in [0.05, 0.1) is 16.7 Å². The van der Waals surface area contributed by atoms with Crippen LogP contribution in [0.2, 0.25) is 0 Å². The van der Waals surface area contributed by atoms with Crippen molar-refractivity contribution in [2.45, 2.75) is 33.3 Å². The van der Waals surface area contributed by atoms with Gasteiger partial charge in [-0.15, -0.1) is 0 Å². The predicted molar refractivity (Wildman–Crippen MR) is 117 cm³/mol. The SMILES string of the molecule is CC(C)CCN1C(=O)c2ccc(C(=O)OC(C)C(=O)Nc3ccc4c(c3)OCO4)cc2C1=O. The normalized spacial score (nSPS) is 15.0. The summed E-state index contributed by atoms with van der Waals surface area (Å²) >= 11 is 0. The molecule has 1 atom stereocenters. The van der Waals surface area contributed by atoms with Crippen molar-refractivity contribution in [3.63, 3.8) is 0 Å². The number of esters is 1. The number of imide groups is 1. The maximum atomic E-state index is 12.7. The van der Waals surface area contributed by atoms with Crippen molar-refractivity contribution in [3.8, 4) is 11.5 Å². The van der Waals surface area contributed by atoms with Gasteiger partial charge in [0.15, 0.2) is 17.6 Å². The predicted octanol–water partition coefficient (Wildman–Crippen LogP) is 3.24. The van der Waals surface area contributed by atoms with Gasteiger partial charge >= 0.3 is 5.97 Å². The van der Waals surface area contributed by atoms with Crippen LogP contribution in [-0.2, 0) is 9.53 Å². The summed E-state index contributed by atoms with van der Waals surface area (Å²) in [6.07, 6.45) is -0.410. The summed E-state index contributed by atoms with van der Waals surface area (Å²) < 4.78 is 15.8. The molecule has 2 heterocycles. The third-order valence-corrected chi connectivity index (χ3v) is 5.43. The third kappa shape index (κ3) is 4.52. The molecule has 9 heteroatoms. The van der Waals surface area contributed by atoms with Crippen molar-refractivity contribution in [2.24, 2.45) is 5.92 Å². The van der Waals surface area contributed by atoms with Gasteiger partial charge in [0.25, 0.3) is 17.7 Å². The second-order valence-electron chi connectivity index (χ2n) is 8.31. The number of carbonyl (C=O) groups is 4. The Labute approximate surface area is 190 Å². The van der Waals surface area contributed by atoms with E-state index in [9.17, 15) is 19.2 Å². The van der Waals surface area contributed by atoms with E-state index < -0.39 is 23.9 Å². The van der Waals surface area contributed by atoms with Gasteiger partial charge in [0.1, 0.15) is 0 Å². The molecular formula is C24H24N2O7. The molecule has 2 aromatic rings. The molecule has 4 rings (SSSR count). The maximum Gasteiger partial charge on any atom is 0.338 e. The lowest BCUT2D eigenvalue weighted by Crippen LogP contribution is -2.31. The highest BCUT2D eigenvalue weighted by Gasteiger charge is 2.36. The highest BCUT2D eigenvalue weighted by molar-refractivity contribution is 6.22. The number of ether oxygens (including phenoxy) is 3. The van der Waals surface area contributed by atoms with Crippen LogP contribution in [0, 0.1) is 5.92 Å². The first-order valence-electron chi connectivity index (χ1n) is 10.7. The summed E-state index contributed by atoms with van der Waals surface area (Å²) in [4.78, 5) is 51.5. The minimum atomic E-state index is -1.10. The zero-order valence-electron chi connectivity index (χ0n) is 18.5. The quantitative estimate of drug-likeness (QED) is 0.507. The molecule has 0 spiro atoms. The van der Waals surface area contributed by atoms with Crippen LogP contribution >= 0.6 is 0 Å². The second-order valence-corrected chi connectivity index (χ2v) is 8.31. The molecule has 0 radical (unpaired) electrons. The summed E-state index contributed by atoms with van der Waals surface area (Å²) in [5, 5.41) is 2.65. The van der Waals surface area contributed by atoms with E-state index in [1.807, 2.05) is 13.8 Å². The van der Waals surface area contributed by atoms with Crippen molar-refractivity contribution in [3.05, 3.63) is 53.1 Å². The molecule has 2 aliphatic heterocycles. The first-order chi connectivity index (χ1) is 15.7. The summed E-state index contributed by atoms with van der Waals surface area (Å²) in [6, 6.07) is 9.13. The standard InChI is InChI=1S/C24H24N2O7/c1-13(2)8-9-26-22(28)17-6-4-15(10-18(17)23(26)29)24(30)33-14(3)21(27)25-16-5-7-19-20(11-16)32-12-31-19/h4-7,10-11,13-14H,8-9,12H2,1-3H3,(H,25,27). The molecule has 0 bridgehead atoms. The molecule has 2 aliphatic rings. The summed E-state index contributed by atoms with van der Waals surface area (Å²) in [5.74, 6) is -0.672. The minimum absolute atomic E-state index is 0.0864. The van der Waals surface area contributed by atoms with Crippen molar-refractivity contribution in [1.82, 2.24) is 4.90 Å². The van der Waals surface area contributed by atoms with Gasteiger partial charge in [-0.25, -0.2) is 4.79 Å². The average Bonchev–Trinajstić information content (AvgIpc) is 3.34. The Morgan fingerprint density at radius 1 is 1.00 bits per heavy atom. The van der Waals surface area contributed by atoms with Gasteiger partial charge in [0, 0.05) is 18.3 Å². The van der Waals surface area contributed by atoms with Crippen molar-refractivity contribution in [2.75, 3.05) is 18.7 Å². The smallest absolute Gasteiger partial charge is 0.338 e. The number of nitrogens with one attached hydrogen (secondary N) is 1. The van der Waals surface area contributed by atoms with E-state index in [4.69, 9.17) is 14.2 Å². The Morgan fingerprint density at radius 3 is 2.48 bits per heavy atom. The van der Waals surface area contributed by atoms with E-state index in [0.717, 1.165) is 0 Å². The van der Waals surface area contributed by atoms with E-state index in [2.05, 4.69) is 5.32 Å². The number of amides is 3. The second kappa shape index (κ2) is 8.93. The number of hydrogen-bond donors (Lipinski definition) is 1. The van der Waals surface area contributed by atoms with Crippen molar-refractivity contribution >= 4 is 29.4 Å². The number of hydrogen-bond acceptors (Lipinski definition) is 7. The van der Waals surface area contributed by atoms with Gasteiger partial charge < -0.3 is 19.5 Å². The molecule has 0 saturated heterocycles. The molecule has 172 valence electrons. The molecule has 9 nitrogen and oxygen atoms in total. The minimum Gasteiger partial charge on any atom is -0.454 e. The maximum absolute atomic E-state index is 12.7. The molecule has 1 N–H and O–H groups in total. The van der Waals surface area contributed by atoms with E-state index in [-0.39, 0.29) is 29.4 Å². The van der Waals surface area contributed by atoms with Crippen LogP contribution in [0.25, 0.3) is 0 Å². The lowest BCUT2D eigenvalue weighted by atomic mass is 10.1. The van der Waals surface area contributed by atoms with Crippen molar-refractivity contribution in [1.29, 1.82) is 0 Å². The Kier molecular flexibility index (Phi) is 6.04. The van der Waals surface area contributed by atoms with Gasteiger partial charge in [-0.1, -0.05) is 13.8 Å². The number of fused-ring (bicyclic) bond motifs is 2. The summed E-state index contributed by atoms with van der Waals surface area (Å²) in [7, 11) is 0. The van der Waals surface area contributed by atoms with Crippen LogP contribution in [0.15, 0.2) is 36.4 Å². The fourth-order valence-electron chi connectivity index (χ4n) is 3.51. The van der Waals surface area contributed by atoms with E-state index in [1.165, 1.54) is 30.0 Å². The first-order valence-corrected chi connectivity index (χ1v) is 10.7. The molecule has 0 aromatic heterocycles. The molecular weight excluding hydrogens is 428 g/mol. The Balaban J connectivity index is 1.40. The number of nitrogens with zero attached hydrogens (tertiary/aromatic N) is 1. The van der Waals surface area contributed by atoms with Crippen LogP contribution in [0.1, 0.15) is 58.3 Å². The fraction of sp³-hybridized carbons (Fsp3) is 0.333. The number of benzene rings is 2. The molecule has 1 unspecified atom stereocenters. The van der Waals surface area contributed by atoms with Gasteiger partial charge in [-0.3, -0.25) is 19.3 Å². The highest BCUT2D eigenvalue weighted by atomic mass is 16.7. The Bertz CT molecular complexity index is 1140. The average molecular weight is 452 g/mol. The van der Waals surface area contributed by atoms with Crippen molar-refractivity contribution < 1.29 is 33.4 Å². The van der Waals surface area contributed by atoms with E-state index in [0.29, 0.717) is 36.1 Å². The highest BCUT2D eigenvalue weighted by Crippen LogP contribution is 2.34. The number of rotatable bonds is 7. The monoisotopic (exact) mass is 452 g/mol. The summed E-state index contributed by atoms with van der Waals surface area (Å²) in [5.41, 5.74) is 0.975. The number of anilines is 1. The zero-order chi connectivity index (χ0) is 23.7. The topological polar surface area (TPSA) is 111 Å². The number of carbonyl (C=O) groups excluding carboxylic acids is 4. The largest absolute Gasteiger partial charge is 0.454 e. The molecule has 0 saturated carbocycles. The Hall–Kier alpha value is -3.88. The lowest BCUT2D eigenvalue weighted by molar-refractivity contribution is -0.123. The van der Waals surface area contributed by atoms with Crippen LogP contribution < -0.4 is 14.8 Å². The lowest BCUT2D eigenvalue weighted by Gasteiger charge is -2.14. The molecule has 0 fully saturated rings. The van der Waals surface area contributed by atoms with E-state index >= 15 is 0 Å². The van der Waals surface area contributed by atoms with Gasteiger partial charge in [0.2, 0.25) is 6.79 Å². The molecule has 33 heavy (non-hydrogen) atoms. The first kappa shape index (κ1) is 22.3. The van der Waals surface area contributed by atoms with Crippen LogP contribution in [0.3, 0.4) is 0 Å². The van der Waals surface area contributed by atoms with Crippen LogP contribution in [0.5, 0.6) is 11.5 Å². The molecule has 0 aliphatic carbocycles. The molecule has 2 aromatic carbocycles. The Morgan fingerprint density at radius 2 is 1.73 bits per heavy atom. The van der Waals surface area contributed by atoms with Gasteiger partial charge in [-0.2, -0.15) is 0 Å². The molecule has 3 amide bonds. The fourth-order valence-corrected chi connectivity index (χ4v) is 3.51. The zero-order valence-corrected chi connectivity index (χ0v) is 18.5. The van der Waals surface area contributed by atoms with Crippen LogP contribution in [-0.4, -0.2) is 48.0 Å². The summed E-state index contributed by atoms with van der Waals surface area (Å²) in [6.45, 7) is 5.90. The van der Waals surface area contributed by atoms with Crippen LogP contribution in [0.4, 0.5) is 5.69 Å². The third-order valence-electron chi connectivity index (χ3n) is 5.43.